The van der Waals surface area contributed by atoms with Crippen LogP contribution in [-0.2, 0) is 16.0 Å². The normalized spacial score (nSPS) is 38.6. The number of rotatable bonds is 13. The molecule has 31 heavy (non-hydrogen) atoms. The molecule has 0 bridgehead atoms. The van der Waals surface area contributed by atoms with Crippen LogP contribution in [0.15, 0.2) is 42.5 Å². The lowest BCUT2D eigenvalue weighted by atomic mass is 9.85. The second-order valence-electron chi connectivity index (χ2n) is 8.10. The van der Waals surface area contributed by atoms with Crippen LogP contribution in [0.1, 0.15) is 79.0 Å². The number of aliphatic hydroxyl groups excluding tert-OH is 1. The van der Waals surface area contributed by atoms with Gasteiger partial charge in [0.05, 0.1) is 27.1 Å². The minimum atomic E-state index is -3.31. The summed E-state index contributed by atoms with van der Waals surface area (Å²) in [4.78, 5) is 11.6. The van der Waals surface area contributed by atoms with E-state index in [1.807, 2.05) is 30.3 Å². The number of carbonyl (C=O) groups excluding carboxylic acids is 1. The summed E-state index contributed by atoms with van der Waals surface area (Å²) in [5, 5.41) is 32.2. The molecule has 1 aromatic rings. The lowest BCUT2D eigenvalue weighted by molar-refractivity contribution is -0.147. The van der Waals surface area contributed by atoms with Gasteiger partial charge in [-0.2, -0.15) is 0 Å². The van der Waals surface area contributed by atoms with Gasteiger partial charge in [0.2, 0.25) is 0 Å². The summed E-state index contributed by atoms with van der Waals surface area (Å²) in [6.45, 7) is 3.49. The Hall–Kier alpha value is -1.69. The summed E-state index contributed by atoms with van der Waals surface area (Å²) in [5.74, 6) is -5.59. The molecule has 0 spiro atoms. The van der Waals surface area contributed by atoms with Crippen molar-refractivity contribution >= 4 is 5.97 Å². The Bertz CT molecular complexity index is 923. The summed E-state index contributed by atoms with van der Waals surface area (Å²) in [6.07, 6.45) is -7.22. The first kappa shape index (κ1) is 17.8. The number of esters is 1. The van der Waals surface area contributed by atoms with E-state index in [9.17, 15) is 20.1 Å². The fourth-order valence-corrected chi connectivity index (χ4v) is 3.48. The van der Waals surface area contributed by atoms with E-state index in [0.717, 1.165) is 5.56 Å². The van der Waals surface area contributed by atoms with Gasteiger partial charge in [-0.25, -0.2) is 0 Å². The minimum Gasteiger partial charge on any atom is -0.463 e. The molecule has 1 aromatic carbocycles. The quantitative estimate of drug-likeness (QED) is 0.244. The van der Waals surface area contributed by atoms with E-state index < -0.39 is 49.3 Å². The van der Waals surface area contributed by atoms with Crippen molar-refractivity contribution in [3.8, 4) is 0 Å². The summed E-state index contributed by atoms with van der Waals surface area (Å²) in [7, 11) is 0. The standard InChI is InChI=1S/C26H40O5/c1-19(2)31-26(30)13-9-4-3-8-12-22-23(25(29)18-24(22)28)17-16-21(27)15-14-20-10-6-5-7-11-20/h3,5-8,10-11,19,21-25,27-29H,4,9,12-18H2,1-2H3/b8-3-/t21-,22+,23+,24-,25+/m0/s1/i18D2,22D,23D,24D,25D. The lowest BCUT2D eigenvalue weighted by Gasteiger charge is -2.23. The Balaban J connectivity index is 2.13. The average Bonchev–Trinajstić information content (AvgIpc) is 2.87. The van der Waals surface area contributed by atoms with E-state index in [1.165, 1.54) is 6.08 Å². The molecule has 3 N–H and O–H groups in total. The zero-order valence-electron chi connectivity index (χ0n) is 24.5. The molecular formula is C26H40O5. The molecule has 1 fully saturated rings. The highest BCUT2D eigenvalue weighted by Gasteiger charge is 2.40. The van der Waals surface area contributed by atoms with Crippen molar-refractivity contribution in [2.45, 2.75) is 96.0 Å². The predicted molar refractivity (Wildman–Crippen MR) is 122 cm³/mol. The number of benzene rings is 1. The third-order valence-electron chi connectivity index (χ3n) is 5.12. The highest BCUT2D eigenvalue weighted by Crippen LogP contribution is 2.38. The molecule has 174 valence electrons. The molecule has 5 nitrogen and oxygen atoms in total. The Morgan fingerprint density at radius 1 is 1.19 bits per heavy atom. The number of ether oxygens (including phenoxy) is 1. The van der Waals surface area contributed by atoms with E-state index in [-0.39, 0.29) is 24.9 Å². The summed E-state index contributed by atoms with van der Waals surface area (Å²) in [5.41, 5.74) is 0.995. The van der Waals surface area contributed by atoms with E-state index in [0.29, 0.717) is 25.7 Å². The number of aliphatic hydroxyl groups is 3. The van der Waals surface area contributed by atoms with Gasteiger partial charge in [-0.15, -0.1) is 0 Å². The number of hydrogen-bond donors (Lipinski definition) is 3. The van der Waals surface area contributed by atoms with Gasteiger partial charge in [0.15, 0.2) is 0 Å². The van der Waals surface area contributed by atoms with Crippen LogP contribution < -0.4 is 0 Å². The molecule has 0 aliphatic heterocycles. The second kappa shape index (κ2) is 13.7. The van der Waals surface area contributed by atoms with E-state index in [4.69, 9.17) is 13.0 Å². The topological polar surface area (TPSA) is 87.0 Å². The number of hydrogen-bond acceptors (Lipinski definition) is 5. The number of allylic oxidation sites excluding steroid dienone is 2. The van der Waals surface area contributed by atoms with Crippen LogP contribution in [-0.4, -0.2) is 45.7 Å². The van der Waals surface area contributed by atoms with Gasteiger partial charge >= 0.3 is 5.97 Å². The van der Waals surface area contributed by atoms with E-state index in [1.54, 1.807) is 19.9 Å². The Kier molecular flexibility index (Phi) is 7.85. The van der Waals surface area contributed by atoms with Gasteiger partial charge in [0, 0.05) is 11.9 Å². The SMILES string of the molecule is [2H]C1([2H])[C@]([2H])(O)[C@]([2H])(C/C=C\CCCC(=O)OC(C)C)[C@@]([2H])(CC[C@@H](O)CCc2ccccc2)[C@]1([2H])O. The van der Waals surface area contributed by atoms with Crippen LogP contribution >= 0.6 is 0 Å². The monoisotopic (exact) mass is 438 g/mol. The van der Waals surface area contributed by atoms with Crippen molar-refractivity contribution in [2.24, 2.45) is 11.8 Å². The second-order valence-corrected chi connectivity index (χ2v) is 8.10. The van der Waals surface area contributed by atoms with Gasteiger partial charge in [-0.3, -0.25) is 4.79 Å². The maximum Gasteiger partial charge on any atom is 0.306 e. The third kappa shape index (κ3) is 9.55. The van der Waals surface area contributed by atoms with Gasteiger partial charge in [0.25, 0.3) is 0 Å². The van der Waals surface area contributed by atoms with Crippen molar-refractivity contribution in [1.29, 1.82) is 0 Å². The first-order chi connectivity index (χ1) is 17.0. The van der Waals surface area contributed by atoms with E-state index >= 15 is 0 Å². The first-order valence-corrected chi connectivity index (χ1v) is 11.0. The summed E-state index contributed by atoms with van der Waals surface area (Å²) < 4.78 is 55.8. The van der Waals surface area contributed by atoms with Gasteiger partial charge in [-0.1, -0.05) is 42.5 Å². The molecule has 1 aliphatic rings. The number of carbonyl (C=O) groups is 1. The molecular weight excluding hydrogens is 392 g/mol. The fourth-order valence-electron chi connectivity index (χ4n) is 3.48. The van der Waals surface area contributed by atoms with Crippen molar-refractivity contribution in [3.63, 3.8) is 0 Å². The molecule has 0 saturated heterocycles. The molecule has 1 saturated carbocycles. The van der Waals surface area contributed by atoms with Gasteiger partial charge < -0.3 is 20.1 Å². The highest BCUT2D eigenvalue weighted by molar-refractivity contribution is 5.69. The third-order valence-corrected chi connectivity index (χ3v) is 5.12. The molecule has 0 amide bonds. The average molecular weight is 439 g/mol. The Morgan fingerprint density at radius 3 is 2.61 bits per heavy atom. The summed E-state index contributed by atoms with van der Waals surface area (Å²) >= 11 is 0. The van der Waals surface area contributed by atoms with Crippen LogP contribution in [0.5, 0.6) is 0 Å². The van der Waals surface area contributed by atoms with Crippen LogP contribution in [0.3, 0.4) is 0 Å². The Morgan fingerprint density at radius 2 is 1.90 bits per heavy atom. The van der Waals surface area contributed by atoms with Crippen molar-refractivity contribution in [1.82, 2.24) is 0 Å². The molecule has 5 heteroatoms. The zero-order chi connectivity index (χ0) is 28.1. The van der Waals surface area contributed by atoms with E-state index in [2.05, 4.69) is 0 Å². The smallest absolute Gasteiger partial charge is 0.306 e. The molecule has 5 atom stereocenters. The van der Waals surface area contributed by atoms with Crippen LogP contribution in [0.4, 0.5) is 0 Å². The number of unbranched alkanes of at least 4 members (excludes halogenated alkanes) is 1. The van der Waals surface area contributed by atoms with Crippen molar-refractivity contribution in [3.05, 3.63) is 48.0 Å². The largest absolute Gasteiger partial charge is 0.463 e. The lowest BCUT2D eigenvalue weighted by Crippen LogP contribution is -2.23. The molecule has 0 unspecified atom stereocenters. The van der Waals surface area contributed by atoms with Crippen LogP contribution in [0.2, 0.25) is 0 Å². The fraction of sp³-hybridized carbons (Fsp3) is 0.654. The first-order valence-electron chi connectivity index (χ1n) is 14.0. The van der Waals surface area contributed by atoms with Crippen LogP contribution in [0.25, 0.3) is 0 Å². The van der Waals surface area contributed by atoms with Crippen LogP contribution in [0, 0.1) is 11.8 Å². The van der Waals surface area contributed by atoms with Gasteiger partial charge in [0.1, 0.15) is 0 Å². The van der Waals surface area contributed by atoms with Crippen molar-refractivity contribution < 1.29 is 33.1 Å². The molecule has 2 rings (SSSR count). The maximum atomic E-state index is 11.6. The minimum absolute atomic E-state index is 0.119. The summed E-state index contributed by atoms with van der Waals surface area (Å²) in [6, 6.07) is 9.42. The maximum absolute atomic E-state index is 11.6. The predicted octanol–water partition coefficient (Wildman–Crippen LogP) is 4.19. The highest BCUT2D eigenvalue weighted by atomic mass is 16.5. The molecule has 1 aliphatic carbocycles. The molecule has 0 radical (unpaired) electrons. The van der Waals surface area contributed by atoms with Gasteiger partial charge in [-0.05, 0) is 82.5 Å². The van der Waals surface area contributed by atoms with Crippen molar-refractivity contribution in [2.75, 3.05) is 0 Å². The zero-order valence-corrected chi connectivity index (χ0v) is 18.5. The molecule has 0 heterocycles. The molecule has 0 aromatic heterocycles. The Labute approximate surface area is 195 Å². The number of aryl methyl sites for hydroxylation is 1.